The molecule has 0 aromatic carbocycles. The predicted octanol–water partition coefficient (Wildman–Crippen LogP) is 4.67. The molecule has 0 unspecified atom stereocenters. The van der Waals surface area contributed by atoms with Gasteiger partial charge in [-0.25, -0.2) is 0 Å². The molecule has 1 saturated heterocycles. The summed E-state index contributed by atoms with van der Waals surface area (Å²) in [5.74, 6) is 0. The van der Waals surface area contributed by atoms with Gasteiger partial charge in [0.1, 0.15) is 0 Å². The highest BCUT2D eigenvalue weighted by molar-refractivity contribution is 7.14. The largest absolute Gasteiger partial charge is 0.300 e. The minimum absolute atomic E-state index is 1.07. The van der Waals surface area contributed by atoms with E-state index >= 15 is 0 Å². The molecular formula is C16H19NS2. The van der Waals surface area contributed by atoms with Crippen molar-refractivity contribution in [1.82, 2.24) is 4.90 Å². The monoisotopic (exact) mass is 289 g/mol. The summed E-state index contributed by atoms with van der Waals surface area (Å²) in [6, 6.07) is 6.59. The van der Waals surface area contributed by atoms with Crippen molar-refractivity contribution in [2.24, 2.45) is 0 Å². The minimum atomic E-state index is 1.07. The first-order valence-electron chi connectivity index (χ1n) is 6.91. The minimum Gasteiger partial charge on any atom is -0.300 e. The van der Waals surface area contributed by atoms with E-state index < -0.39 is 0 Å². The fourth-order valence-corrected chi connectivity index (χ4v) is 4.24. The topological polar surface area (TPSA) is 3.24 Å². The van der Waals surface area contributed by atoms with Crippen LogP contribution >= 0.6 is 22.7 Å². The van der Waals surface area contributed by atoms with E-state index in [0.29, 0.717) is 0 Å². The molecular weight excluding hydrogens is 270 g/mol. The molecule has 1 aliphatic heterocycles. The summed E-state index contributed by atoms with van der Waals surface area (Å²) in [4.78, 5) is 5.41. The van der Waals surface area contributed by atoms with Crippen LogP contribution in [-0.2, 0) is 6.42 Å². The Kier molecular flexibility index (Phi) is 4.49. The summed E-state index contributed by atoms with van der Waals surface area (Å²) >= 11 is 3.70. The van der Waals surface area contributed by atoms with Crippen molar-refractivity contribution in [1.29, 1.82) is 0 Å². The van der Waals surface area contributed by atoms with Crippen LogP contribution in [0.15, 0.2) is 41.1 Å². The zero-order chi connectivity index (χ0) is 12.9. The maximum atomic E-state index is 2.53. The van der Waals surface area contributed by atoms with E-state index in [1.165, 1.54) is 41.2 Å². The average Bonchev–Trinajstić information content (AvgIpc) is 3.15. The van der Waals surface area contributed by atoms with Gasteiger partial charge in [0.15, 0.2) is 0 Å². The van der Waals surface area contributed by atoms with Gasteiger partial charge in [0, 0.05) is 28.3 Å². The smallest absolute Gasteiger partial charge is 0.0353 e. The number of likely N-dealkylation sites (tertiary alicyclic amines) is 1. The molecule has 100 valence electrons. The quantitative estimate of drug-likeness (QED) is 0.723. The molecule has 0 saturated carbocycles. The highest BCUT2D eigenvalue weighted by Gasteiger charge is 2.09. The lowest BCUT2D eigenvalue weighted by Gasteiger charge is -2.10. The SMILES string of the molecule is C(=C/CN1CCCC1)/Cc1sccc1-c1cccs1. The molecule has 0 atom stereocenters. The van der Waals surface area contributed by atoms with Crippen molar-refractivity contribution in [2.45, 2.75) is 19.3 Å². The summed E-state index contributed by atoms with van der Waals surface area (Å²) < 4.78 is 0. The van der Waals surface area contributed by atoms with Crippen molar-refractivity contribution < 1.29 is 0 Å². The van der Waals surface area contributed by atoms with Crippen LogP contribution in [0.3, 0.4) is 0 Å². The second-order valence-corrected chi connectivity index (χ2v) is 6.87. The molecule has 0 aliphatic carbocycles. The van der Waals surface area contributed by atoms with Crippen LogP contribution in [0.5, 0.6) is 0 Å². The fourth-order valence-electron chi connectivity index (χ4n) is 2.53. The third-order valence-electron chi connectivity index (χ3n) is 3.56. The lowest BCUT2D eigenvalue weighted by molar-refractivity contribution is 0.377. The molecule has 0 amide bonds. The summed E-state index contributed by atoms with van der Waals surface area (Å²) in [7, 11) is 0. The van der Waals surface area contributed by atoms with Crippen molar-refractivity contribution in [2.75, 3.05) is 19.6 Å². The van der Waals surface area contributed by atoms with Gasteiger partial charge in [-0.05, 0) is 48.8 Å². The van der Waals surface area contributed by atoms with Crippen LogP contribution in [0, 0.1) is 0 Å². The molecule has 2 aromatic heterocycles. The van der Waals surface area contributed by atoms with E-state index in [1.807, 2.05) is 22.7 Å². The number of allylic oxidation sites excluding steroid dienone is 1. The molecule has 0 radical (unpaired) electrons. The van der Waals surface area contributed by atoms with Gasteiger partial charge < -0.3 is 0 Å². The van der Waals surface area contributed by atoms with E-state index in [-0.39, 0.29) is 0 Å². The number of thiophene rings is 2. The molecule has 1 aliphatic rings. The van der Waals surface area contributed by atoms with Gasteiger partial charge in [0.25, 0.3) is 0 Å². The molecule has 19 heavy (non-hydrogen) atoms. The molecule has 0 bridgehead atoms. The van der Waals surface area contributed by atoms with Gasteiger partial charge in [-0.2, -0.15) is 0 Å². The van der Waals surface area contributed by atoms with E-state index in [2.05, 4.69) is 46.0 Å². The van der Waals surface area contributed by atoms with E-state index in [0.717, 1.165) is 13.0 Å². The van der Waals surface area contributed by atoms with Crippen molar-refractivity contribution >= 4 is 22.7 Å². The Labute approximate surface area is 123 Å². The first-order chi connectivity index (χ1) is 9.43. The lowest BCUT2D eigenvalue weighted by Crippen LogP contribution is -2.18. The number of rotatable bonds is 5. The summed E-state index contributed by atoms with van der Waals surface area (Å²) in [6.07, 6.45) is 8.49. The molecule has 0 spiro atoms. The Morgan fingerprint density at radius 1 is 1.05 bits per heavy atom. The van der Waals surface area contributed by atoms with Gasteiger partial charge in [0.05, 0.1) is 0 Å². The fraction of sp³-hybridized carbons (Fsp3) is 0.375. The van der Waals surface area contributed by atoms with Crippen LogP contribution in [0.2, 0.25) is 0 Å². The van der Waals surface area contributed by atoms with Crippen LogP contribution in [-0.4, -0.2) is 24.5 Å². The highest BCUT2D eigenvalue weighted by Crippen LogP contribution is 2.32. The maximum absolute atomic E-state index is 2.53. The van der Waals surface area contributed by atoms with Gasteiger partial charge >= 0.3 is 0 Å². The molecule has 0 N–H and O–H groups in total. The summed E-state index contributed by atoms with van der Waals surface area (Å²) in [5, 5.41) is 4.36. The van der Waals surface area contributed by atoms with E-state index in [4.69, 9.17) is 0 Å². The van der Waals surface area contributed by atoms with Gasteiger partial charge in [0.2, 0.25) is 0 Å². The second kappa shape index (κ2) is 6.51. The normalized spacial score (nSPS) is 16.6. The van der Waals surface area contributed by atoms with Crippen molar-refractivity contribution in [3.05, 3.63) is 46.0 Å². The van der Waals surface area contributed by atoms with Crippen molar-refractivity contribution in [3.63, 3.8) is 0 Å². The Hall–Kier alpha value is -0.900. The second-order valence-electron chi connectivity index (χ2n) is 4.92. The Bertz CT molecular complexity index is 519. The molecule has 3 heterocycles. The molecule has 3 rings (SSSR count). The molecule has 1 fully saturated rings. The maximum Gasteiger partial charge on any atom is 0.0353 e. The average molecular weight is 289 g/mol. The Morgan fingerprint density at radius 3 is 2.74 bits per heavy atom. The van der Waals surface area contributed by atoms with Gasteiger partial charge in [-0.3, -0.25) is 4.90 Å². The lowest BCUT2D eigenvalue weighted by atomic mass is 10.2. The van der Waals surface area contributed by atoms with Crippen LogP contribution < -0.4 is 0 Å². The Balaban J connectivity index is 1.58. The number of nitrogens with zero attached hydrogens (tertiary/aromatic N) is 1. The van der Waals surface area contributed by atoms with Crippen LogP contribution in [0.1, 0.15) is 17.7 Å². The first kappa shape index (κ1) is 13.1. The summed E-state index contributed by atoms with van der Waals surface area (Å²) in [6.45, 7) is 3.69. The standard InChI is InChI=1S/C16H19NS2/c1(2-9-17-10-3-4-11-17)6-15-14(8-13-19-15)16-7-5-12-18-16/h1-2,5,7-8,12-13H,3-4,6,9-11H2/b2-1-. The zero-order valence-electron chi connectivity index (χ0n) is 11.0. The van der Waals surface area contributed by atoms with Crippen molar-refractivity contribution in [3.8, 4) is 10.4 Å². The number of hydrogen-bond donors (Lipinski definition) is 0. The first-order valence-corrected chi connectivity index (χ1v) is 8.67. The third kappa shape index (κ3) is 3.35. The van der Waals surface area contributed by atoms with Gasteiger partial charge in [-0.1, -0.05) is 18.2 Å². The summed E-state index contributed by atoms with van der Waals surface area (Å²) in [5.41, 5.74) is 1.42. The Morgan fingerprint density at radius 2 is 1.95 bits per heavy atom. The van der Waals surface area contributed by atoms with E-state index in [9.17, 15) is 0 Å². The zero-order valence-corrected chi connectivity index (χ0v) is 12.7. The predicted molar refractivity (Wildman–Crippen MR) is 86.2 cm³/mol. The third-order valence-corrected chi connectivity index (χ3v) is 5.41. The molecule has 2 aromatic rings. The molecule has 3 heteroatoms. The van der Waals surface area contributed by atoms with E-state index in [1.54, 1.807) is 0 Å². The van der Waals surface area contributed by atoms with Gasteiger partial charge in [-0.15, -0.1) is 22.7 Å². The molecule has 1 nitrogen and oxygen atoms in total. The van der Waals surface area contributed by atoms with Crippen LogP contribution in [0.25, 0.3) is 10.4 Å². The highest BCUT2D eigenvalue weighted by atomic mass is 32.1. The number of hydrogen-bond acceptors (Lipinski definition) is 3. The van der Waals surface area contributed by atoms with Crippen LogP contribution in [0.4, 0.5) is 0 Å².